The van der Waals surface area contributed by atoms with Gasteiger partial charge in [-0.3, -0.25) is 0 Å². The van der Waals surface area contributed by atoms with Gasteiger partial charge in [0, 0.05) is 0 Å². The Morgan fingerprint density at radius 1 is 0.545 bits per heavy atom. The molecule has 0 bridgehead atoms. The highest BCUT2D eigenvalue weighted by Crippen LogP contribution is 2.29. The molecular weight excluding hydrogens is 432 g/mol. The average molecular weight is 459 g/mol. The molecule has 0 aliphatic heterocycles. The predicted molar refractivity (Wildman–Crippen MR) is 130 cm³/mol. The molecule has 0 saturated carbocycles. The molecule has 0 heterocycles. The van der Waals surface area contributed by atoms with Crippen LogP contribution in [0.25, 0.3) is 0 Å². The minimum absolute atomic E-state index is 0.205. The molecule has 0 aliphatic carbocycles. The van der Waals surface area contributed by atoms with Crippen molar-refractivity contribution in [3.63, 3.8) is 0 Å². The van der Waals surface area contributed by atoms with Crippen molar-refractivity contribution >= 4 is 9.84 Å². The lowest BCUT2D eigenvalue weighted by Crippen LogP contribution is -2.01. The zero-order chi connectivity index (χ0) is 23.4. The average Bonchev–Trinajstić information content (AvgIpc) is 2.82. The van der Waals surface area contributed by atoms with E-state index in [9.17, 15) is 8.42 Å². The highest BCUT2D eigenvalue weighted by molar-refractivity contribution is 7.91. The molecule has 0 N–H and O–H groups in total. The Morgan fingerprint density at radius 3 is 1.24 bits per heavy atom. The second-order valence-electron chi connectivity index (χ2n) is 8.19. The van der Waals surface area contributed by atoms with Crippen LogP contribution in [0, 0.1) is 6.92 Å². The fourth-order valence-electron chi connectivity index (χ4n) is 3.31. The lowest BCUT2D eigenvalue weighted by atomic mass is 10.0. The van der Waals surface area contributed by atoms with Gasteiger partial charge in [-0.15, -0.1) is 0 Å². The Hall–Kier alpha value is -3.57. The fourth-order valence-corrected chi connectivity index (χ4v) is 4.57. The third-order valence-corrected chi connectivity index (χ3v) is 7.09. The minimum Gasteiger partial charge on any atom is -0.457 e. The van der Waals surface area contributed by atoms with E-state index in [1.54, 1.807) is 48.5 Å². The van der Waals surface area contributed by atoms with Gasteiger partial charge in [-0.1, -0.05) is 43.7 Å². The number of aryl methyl sites for hydroxylation is 1. The molecule has 168 valence electrons. The van der Waals surface area contributed by atoms with Crippen molar-refractivity contribution in [1.29, 1.82) is 0 Å². The van der Waals surface area contributed by atoms with Crippen LogP contribution < -0.4 is 9.47 Å². The molecule has 0 radical (unpaired) electrons. The van der Waals surface area contributed by atoms with Gasteiger partial charge in [-0.05, 0) is 91.2 Å². The lowest BCUT2D eigenvalue weighted by Gasteiger charge is -2.10. The van der Waals surface area contributed by atoms with E-state index in [4.69, 9.17) is 9.47 Å². The van der Waals surface area contributed by atoms with E-state index in [1.807, 2.05) is 55.5 Å². The van der Waals surface area contributed by atoms with Gasteiger partial charge in [-0.25, -0.2) is 8.42 Å². The number of benzene rings is 4. The maximum Gasteiger partial charge on any atom is 0.206 e. The van der Waals surface area contributed by atoms with Gasteiger partial charge in [0.1, 0.15) is 23.0 Å². The molecular formula is C28H26O4S. The second-order valence-corrected chi connectivity index (χ2v) is 10.1. The lowest BCUT2D eigenvalue weighted by molar-refractivity contribution is 0.482. The molecule has 0 aromatic heterocycles. The van der Waals surface area contributed by atoms with Gasteiger partial charge in [0.25, 0.3) is 0 Å². The number of sulfone groups is 1. The largest absolute Gasteiger partial charge is 0.457 e. The van der Waals surface area contributed by atoms with E-state index < -0.39 is 9.84 Å². The molecule has 5 heteroatoms. The van der Waals surface area contributed by atoms with Gasteiger partial charge in [-0.2, -0.15) is 0 Å². The quantitative estimate of drug-likeness (QED) is 0.287. The molecule has 0 spiro atoms. The van der Waals surface area contributed by atoms with E-state index in [1.165, 1.54) is 5.56 Å². The minimum atomic E-state index is -3.65. The van der Waals surface area contributed by atoms with Crippen LogP contribution in [-0.2, 0) is 9.84 Å². The summed E-state index contributed by atoms with van der Waals surface area (Å²) in [6.45, 7) is 6.28. The van der Waals surface area contributed by atoms with Crippen LogP contribution in [-0.4, -0.2) is 8.42 Å². The predicted octanol–water partition coefficient (Wildman–Crippen LogP) is 7.54. The Balaban J connectivity index is 1.46. The Bertz CT molecular complexity index is 1310. The van der Waals surface area contributed by atoms with Gasteiger partial charge in [0.05, 0.1) is 9.79 Å². The summed E-state index contributed by atoms with van der Waals surface area (Å²) in [7, 11) is -3.65. The summed E-state index contributed by atoms with van der Waals surface area (Å²) in [4.78, 5) is 0.411. The molecule has 0 amide bonds. The summed E-state index contributed by atoms with van der Waals surface area (Å²) < 4.78 is 37.7. The van der Waals surface area contributed by atoms with Crippen molar-refractivity contribution in [3.05, 3.63) is 108 Å². The highest BCUT2D eigenvalue weighted by Gasteiger charge is 2.18. The third-order valence-electron chi connectivity index (χ3n) is 5.31. The van der Waals surface area contributed by atoms with E-state index >= 15 is 0 Å². The van der Waals surface area contributed by atoms with Crippen LogP contribution in [0.4, 0.5) is 0 Å². The Labute approximate surface area is 195 Å². The summed E-state index contributed by atoms with van der Waals surface area (Å²) in [6.07, 6.45) is 0. The van der Waals surface area contributed by atoms with E-state index in [-0.39, 0.29) is 9.79 Å². The van der Waals surface area contributed by atoms with Crippen molar-refractivity contribution in [2.45, 2.75) is 36.5 Å². The van der Waals surface area contributed by atoms with Gasteiger partial charge in [0.2, 0.25) is 9.84 Å². The first-order chi connectivity index (χ1) is 15.8. The Morgan fingerprint density at radius 2 is 0.879 bits per heavy atom. The summed E-state index contributed by atoms with van der Waals surface area (Å²) in [6, 6.07) is 28.4. The molecule has 0 fully saturated rings. The van der Waals surface area contributed by atoms with Crippen molar-refractivity contribution in [2.75, 3.05) is 0 Å². The zero-order valence-electron chi connectivity index (χ0n) is 18.9. The van der Waals surface area contributed by atoms with Crippen molar-refractivity contribution < 1.29 is 17.9 Å². The summed E-state index contributed by atoms with van der Waals surface area (Å²) in [5, 5.41) is 0. The van der Waals surface area contributed by atoms with Crippen LogP contribution in [0.3, 0.4) is 0 Å². The number of hydrogen-bond acceptors (Lipinski definition) is 4. The maximum absolute atomic E-state index is 13.0. The van der Waals surface area contributed by atoms with Gasteiger partial charge < -0.3 is 9.47 Å². The van der Waals surface area contributed by atoms with Crippen molar-refractivity contribution in [2.24, 2.45) is 0 Å². The summed E-state index contributed by atoms with van der Waals surface area (Å²) >= 11 is 0. The van der Waals surface area contributed by atoms with Crippen LogP contribution in [0.2, 0.25) is 0 Å². The molecule has 4 rings (SSSR count). The van der Waals surface area contributed by atoms with Crippen LogP contribution in [0.5, 0.6) is 23.0 Å². The summed E-state index contributed by atoms with van der Waals surface area (Å²) in [5.74, 6) is 3.01. The molecule has 4 nitrogen and oxygen atoms in total. The van der Waals surface area contributed by atoms with E-state index in [0.29, 0.717) is 28.9 Å². The molecule has 0 saturated heterocycles. The van der Waals surface area contributed by atoms with Gasteiger partial charge in [0.15, 0.2) is 0 Å². The number of ether oxygens (including phenoxy) is 2. The van der Waals surface area contributed by atoms with Crippen LogP contribution >= 0.6 is 0 Å². The van der Waals surface area contributed by atoms with Crippen LogP contribution in [0.15, 0.2) is 107 Å². The molecule has 0 aliphatic rings. The molecule has 4 aromatic carbocycles. The highest BCUT2D eigenvalue weighted by atomic mass is 32.2. The van der Waals surface area contributed by atoms with Gasteiger partial charge >= 0.3 is 0 Å². The first-order valence-electron chi connectivity index (χ1n) is 10.8. The molecule has 33 heavy (non-hydrogen) atoms. The SMILES string of the molecule is Cc1ccc(Oc2ccc(S(=O)(=O)c3ccc(Oc4ccc(C(C)C)cc4)cc3)cc2)cc1. The molecule has 0 unspecified atom stereocenters. The van der Waals surface area contributed by atoms with Crippen LogP contribution in [0.1, 0.15) is 30.9 Å². The summed E-state index contributed by atoms with van der Waals surface area (Å²) in [5.41, 5.74) is 2.38. The molecule has 0 atom stereocenters. The van der Waals surface area contributed by atoms with Crippen molar-refractivity contribution in [1.82, 2.24) is 0 Å². The van der Waals surface area contributed by atoms with Crippen molar-refractivity contribution in [3.8, 4) is 23.0 Å². The smallest absolute Gasteiger partial charge is 0.206 e. The fraction of sp³-hybridized carbons (Fsp3) is 0.143. The van der Waals surface area contributed by atoms with E-state index in [0.717, 1.165) is 5.56 Å². The topological polar surface area (TPSA) is 52.6 Å². The first kappa shape index (κ1) is 22.6. The monoisotopic (exact) mass is 458 g/mol. The normalized spacial score (nSPS) is 11.4. The number of rotatable bonds is 7. The first-order valence-corrected chi connectivity index (χ1v) is 12.3. The Kier molecular flexibility index (Phi) is 6.52. The standard InChI is InChI=1S/C28H26O4S/c1-20(2)22-6-10-24(11-7-22)32-26-14-18-28(19-15-26)33(29,30)27-16-12-25(13-17-27)31-23-8-4-21(3)5-9-23/h4-20H,1-3H3. The number of hydrogen-bond donors (Lipinski definition) is 0. The maximum atomic E-state index is 13.0. The zero-order valence-corrected chi connectivity index (χ0v) is 19.7. The molecule has 4 aromatic rings. The third kappa shape index (κ3) is 5.44. The second kappa shape index (κ2) is 9.51. The van der Waals surface area contributed by atoms with E-state index in [2.05, 4.69) is 13.8 Å².